The molecule has 19 heavy (non-hydrogen) atoms. The van der Waals surface area contributed by atoms with Crippen molar-refractivity contribution in [1.29, 1.82) is 0 Å². The average Bonchev–Trinajstić information content (AvgIpc) is 2.46. The molecule has 0 bridgehead atoms. The molecule has 0 aromatic heterocycles. The number of hydrogen-bond donors (Lipinski definition) is 0. The lowest BCUT2D eigenvalue weighted by atomic mass is 9.78. The van der Waals surface area contributed by atoms with Gasteiger partial charge in [0.2, 0.25) is 5.91 Å². The van der Waals surface area contributed by atoms with Crippen molar-refractivity contribution in [2.24, 2.45) is 11.0 Å². The third-order valence-electron chi connectivity index (χ3n) is 4.66. The van der Waals surface area contributed by atoms with Gasteiger partial charge >= 0.3 is 0 Å². The molecule has 2 fully saturated rings. The van der Waals surface area contributed by atoms with E-state index in [0.29, 0.717) is 18.4 Å². The second kappa shape index (κ2) is 6.80. The monoisotopic (exact) mass is 264 g/mol. The highest BCUT2D eigenvalue weighted by Crippen LogP contribution is 2.35. The van der Waals surface area contributed by atoms with Gasteiger partial charge in [0.1, 0.15) is 0 Å². The van der Waals surface area contributed by atoms with E-state index in [0.717, 1.165) is 25.8 Å². The van der Waals surface area contributed by atoms with Gasteiger partial charge in [-0.1, -0.05) is 24.9 Å². The highest BCUT2D eigenvalue weighted by molar-refractivity contribution is 5.77. The number of azide groups is 1. The topological polar surface area (TPSA) is 69.1 Å². The number of likely N-dealkylation sites (tertiary alicyclic amines) is 1. The van der Waals surface area contributed by atoms with Gasteiger partial charge in [-0.3, -0.25) is 4.79 Å². The Morgan fingerprint density at radius 2 is 2.11 bits per heavy atom. The quantitative estimate of drug-likeness (QED) is 0.434. The third-order valence-corrected chi connectivity index (χ3v) is 4.66. The van der Waals surface area contributed by atoms with Crippen LogP contribution in [-0.2, 0) is 4.79 Å². The zero-order valence-electron chi connectivity index (χ0n) is 11.8. The van der Waals surface area contributed by atoms with Crippen LogP contribution >= 0.6 is 0 Å². The van der Waals surface area contributed by atoms with E-state index in [9.17, 15) is 4.79 Å². The Bertz CT molecular complexity index is 362. The Kier molecular flexibility index (Phi) is 5.08. The molecule has 2 aliphatic rings. The third kappa shape index (κ3) is 3.41. The molecule has 1 saturated carbocycles. The average molecular weight is 264 g/mol. The highest BCUT2D eigenvalue weighted by Gasteiger charge is 2.35. The van der Waals surface area contributed by atoms with Gasteiger partial charge in [0.05, 0.1) is 0 Å². The lowest BCUT2D eigenvalue weighted by Gasteiger charge is -2.44. The van der Waals surface area contributed by atoms with Crippen LogP contribution in [0.5, 0.6) is 0 Å². The predicted octanol–water partition coefficient (Wildman–Crippen LogP) is 3.65. The number of fused-ring (bicyclic) bond motifs is 1. The van der Waals surface area contributed by atoms with Gasteiger partial charge in [-0.15, -0.1) is 0 Å². The minimum absolute atomic E-state index is 0.179. The Morgan fingerprint density at radius 1 is 1.37 bits per heavy atom. The molecular weight excluding hydrogens is 240 g/mol. The summed E-state index contributed by atoms with van der Waals surface area (Å²) in [5, 5.41) is 3.71. The molecule has 3 atom stereocenters. The molecule has 106 valence electrons. The van der Waals surface area contributed by atoms with Crippen molar-refractivity contribution in [2.75, 3.05) is 6.54 Å². The van der Waals surface area contributed by atoms with Crippen LogP contribution in [0.1, 0.15) is 58.3 Å². The first kappa shape index (κ1) is 14.2. The smallest absolute Gasteiger partial charge is 0.223 e. The number of nitrogens with zero attached hydrogens (tertiary/aromatic N) is 4. The van der Waals surface area contributed by atoms with Gasteiger partial charge < -0.3 is 4.90 Å². The normalized spacial score (nSPS) is 28.2. The SMILES string of the molecule is CCC(CC(=O)N1CCCC2CCCCC21)N=[N+]=[N-]. The fourth-order valence-corrected chi connectivity index (χ4v) is 3.59. The Hall–Kier alpha value is -1.22. The molecule has 0 N–H and O–H groups in total. The van der Waals surface area contributed by atoms with E-state index in [1.54, 1.807) is 0 Å². The Labute approximate surface area is 115 Å². The maximum atomic E-state index is 12.4. The Balaban J connectivity index is 1.98. The summed E-state index contributed by atoms with van der Waals surface area (Å²) in [7, 11) is 0. The van der Waals surface area contributed by atoms with Crippen LogP contribution in [0.2, 0.25) is 0 Å². The van der Waals surface area contributed by atoms with Crippen LogP contribution in [0.15, 0.2) is 5.11 Å². The number of carbonyl (C=O) groups is 1. The minimum atomic E-state index is -0.179. The number of hydrogen-bond acceptors (Lipinski definition) is 2. The van der Waals surface area contributed by atoms with Crippen molar-refractivity contribution < 1.29 is 4.79 Å². The largest absolute Gasteiger partial charge is 0.339 e. The molecule has 0 spiro atoms. The number of rotatable bonds is 4. The summed E-state index contributed by atoms with van der Waals surface area (Å²) in [6, 6.07) is 0.278. The van der Waals surface area contributed by atoms with E-state index in [4.69, 9.17) is 5.53 Å². The molecule has 0 radical (unpaired) electrons. The fraction of sp³-hybridized carbons (Fsp3) is 0.929. The van der Waals surface area contributed by atoms with Gasteiger partial charge in [-0.05, 0) is 43.6 Å². The lowest BCUT2D eigenvalue weighted by Crippen LogP contribution is -2.50. The van der Waals surface area contributed by atoms with Crippen LogP contribution < -0.4 is 0 Å². The molecule has 1 saturated heterocycles. The van der Waals surface area contributed by atoms with Gasteiger partial charge in [0.15, 0.2) is 0 Å². The Morgan fingerprint density at radius 3 is 2.84 bits per heavy atom. The second-order valence-corrected chi connectivity index (χ2v) is 5.81. The molecule has 1 aliphatic carbocycles. The molecular formula is C14H24N4O. The van der Waals surface area contributed by atoms with Crippen molar-refractivity contribution in [3.8, 4) is 0 Å². The minimum Gasteiger partial charge on any atom is -0.339 e. The first-order chi connectivity index (χ1) is 9.26. The maximum absolute atomic E-state index is 12.4. The standard InChI is InChI=1S/C14H24N4O/c1-2-12(16-17-15)10-14(19)18-9-5-7-11-6-3-4-8-13(11)18/h11-13H,2-10H2,1H3. The summed E-state index contributed by atoms with van der Waals surface area (Å²) >= 11 is 0. The summed E-state index contributed by atoms with van der Waals surface area (Å²) in [6.07, 6.45) is 8.53. The highest BCUT2D eigenvalue weighted by atomic mass is 16.2. The van der Waals surface area contributed by atoms with Gasteiger partial charge in [0, 0.05) is 30.0 Å². The summed E-state index contributed by atoms with van der Waals surface area (Å²) in [5.74, 6) is 0.904. The van der Waals surface area contributed by atoms with E-state index in [-0.39, 0.29) is 11.9 Å². The zero-order chi connectivity index (χ0) is 13.7. The summed E-state index contributed by atoms with van der Waals surface area (Å²) < 4.78 is 0. The van der Waals surface area contributed by atoms with Crippen LogP contribution in [0.3, 0.4) is 0 Å². The summed E-state index contributed by atoms with van der Waals surface area (Å²) in [4.78, 5) is 17.4. The number of carbonyl (C=O) groups excluding carboxylic acids is 1. The molecule has 1 heterocycles. The number of amides is 1. The zero-order valence-corrected chi connectivity index (χ0v) is 11.8. The van der Waals surface area contributed by atoms with E-state index in [2.05, 4.69) is 14.9 Å². The van der Waals surface area contributed by atoms with Crippen molar-refractivity contribution in [3.63, 3.8) is 0 Å². The molecule has 0 aromatic carbocycles. The molecule has 1 amide bonds. The molecule has 5 nitrogen and oxygen atoms in total. The fourth-order valence-electron chi connectivity index (χ4n) is 3.59. The van der Waals surface area contributed by atoms with Gasteiger partial charge in [-0.2, -0.15) is 0 Å². The molecule has 1 aliphatic heterocycles. The first-order valence-corrected chi connectivity index (χ1v) is 7.60. The molecule has 0 aromatic rings. The second-order valence-electron chi connectivity index (χ2n) is 5.81. The van der Waals surface area contributed by atoms with Crippen LogP contribution in [0.4, 0.5) is 0 Å². The summed E-state index contributed by atoms with van der Waals surface area (Å²) in [6.45, 7) is 2.86. The van der Waals surface area contributed by atoms with E-state index in [1.165, 1.54) is 25.7 Å². The van der Waals surface area contributed by atoms with Crippen LogP contribution in [-0.4, -0.2) is 29.4 Å². The van der Waals surface area contributed by atoms with Crippen LogP contribution in [0.25, 0.3) is 10.4 Å². The van der Waals surface area contributed by atoms with E-state index in [1.807, 2.05) is 6.92 Å². The predicted molar refractivity (Wildman–Crippen MR) is 74.5 cm³/mol. The van der Waals surface area contributed by atoms with Crippen molar-refractivity contribution in [3.05, 3.63) is 10.4 Å². The summed E-state index contributed by atoms with van der Waals surface area (Å²) in [5.41, 5.74) is 8.51. The van der Waals surface area contributed by atoms with Crippen molar-refractivity contribution in [2.45, 2.75) is 70.4 Å². The molecule has 2 rings (SSSR count). The van der Waals surface area contributed by atoms with Crippen LogP contribution in [0, 0.1) is 5.92 Å². The first-order valence-electron chi connectivity index (χ1n) is 7.60. The molecule has 3 unspecified atom stereocenters. The van der Waals surface area contributed by atoms with E-state index < -0.39 is 0 Å². The van der Waals surface area contributed by atoms with Crippen molar-refractivity contribution in [1.82, 2.24) is 4.90 Å². The van der Waals surface area contributed by atoms with Crippen molar-refractivity contribution >= 4 is 5.91 Å². The van der Waals surface area contributed by atoms with Gasteiger partial charge in [0.25, 0.3) is 0 Å². The maximum Gasteiger partial charge on any atom is 0.223 e. The number of piperidine rings is 1. The lowest BCUT2D eigenvalue weighted by molar-refractivity contribution is -0.137. The molecule has 5 heteroatoms. The van der Waals surface area contributed by atoms with Gasteiger partial charge in [-0.25, -0.2) is 0 Å². The van der Waals surface area contributed by atoms with E-state index >= 15 is 0 Å².